The third-order valence-electron chi connectivity index (χ3n) is 2.95. The molecule has 0 saturated heterocycles. The van der Waals surface area contributed by atoms with Crippen molar-refractivity contribution in [1.29, 1.82) is 0 Å². The molecule has 1 nitrogen and oxygen atoms in total. The number of anilines is 1. The van der Waals surface area contributed by atoms with E-state index in [0.29, 0.717) is 0 Å². The maximum absolute atomic E-state index is 5.93. The van der Waals surface area contributed by atoms with E-state index in [1.165, 1.54) is 43.4 Å². The first-order valence-electron chi connectivity index (χ1n) is 5.21. The van der Waals surface area contributed by atoms with Crippen molar-refractivity contribution in [2.45, 2.75) is 44.4 Å². The third kappa shape index (κ3) is 2.05. The molecule has 72 valence electrons. The molecular formula is C11H17NS. The minimum atomic E-state index is 0.766. The fraction of sp³-hybridized carbons (Fsp3) is 0.636. The van der Waals surface area contributed by atoms with Crippen molar-refractivity contribution in [1.82, 2.24) is 0 Å². The number of thiophene rings is 1. The topological polar surface area (TPSA) is 26.0 Å². The monoisotopic (exact) mass is 195 g/mol. The first-order chi connectivity index (χ1) is 6.38. The summed E-state index contributed by atoms with van der Waals surface area (Å²) in [5, 5.41) is 2.12. The van der Waals surface area contributed by atoms with Crippen LogP contribution in [0.25, 0.3) is 0 Å². The molecule has 0 radical (unpaired) electrons. The molecule has 13 heavy (non-hydrogen) atoms. The Morgan fingerprint density at radius 1 is 1.15 bits per heavy atom. The molecule has 0 unspecified atom stereocenters. The van der Waals surface area contributed by atoms with E-state index < -0.39 is 0 Å². The van der Waals surface area contributed by atoms with Crippen LogP contribution in [0.5, 0.6) is 0 Å². The molecule has 1 heterocycles. The Hall–Kier alpha value is -0.500. The molecule has 0 amide bonds. The van der Waals surface area contributed by atoms with Crippen LogP contribution in [0.1, 0.15) is 49.3 Å². The van der Waals surface area contributed by atoms with Gasteiger partial charge in [-0.3, -0.25) is 0 Å². The van der Waals surface area contributed by atoms with Crippen molar-refractivity contribution in [2.75, 3.05) is 5.73 Å². The molecule has 0 bridgehead atoms. The molecule has 1 aliphatic carbocycles. The Bertz CT molecular complexity index is 259. The van der Waals surface area contributed by atoms with Crippen molar-refractivity contribution in [3.8, 4) is 0 Å². The minimum absolute atomic E-state index is 0.766. The highest BCUT2D eigenvalue weighted by atomic mass is 32.1. The number of hydrogen-bond donors (Lipinski definition) is 1. The molecule has 0 aliphatic heterocycles. The Morgan fingerprint density at radius 3 is 2.38 bits per heavy atom. The molecular weight excluding hydrogens is 178 g/mol. The molecule has 2 heteroatoms. The first-order valence-corrected chi connectivity index (χ1v) is 6.09. The highest BCUT2D eigenvalue weighted by molar-refractivity contribution is 7.10. The molecule has 1 aromatic rings. The van der Waals surface area contributed by atoms with Crippen molar-refractivity contribution in [3.63, 3.8) is 0 Å². The summed E-state index contributed by atoms with van der Waals surface area (Å²) in [6.07, 6.45) is 8.32. The second-order valence-corrected chi connectivity index (χ2v) is 4.88. The summed E-state index contributed by atoms with van der Waals surface area (Å²) < 4.78 is 0. The lowest BCUT2D eigenvalue weighted by molar-refractivity contribution is 0.603. The van der Waals surface area contributed by atoms with Crippen LogP contribution < -0.4 is 5.73 Å². The highest BCUT2D eigenvalue weighted by Crippen LogP contribution is 2.37. The molecule has 1 aliphatic rings. The van der Waals surface area contributed by atoms with Gasteiger partial charge in [0.05, 0.1) is 0 Å². The predicted molar refractivity (Wildman–Crippen MR) is 59.2 cm³/mol. The van der Waals surface area contributed by atoms with Crippen molar-refractivity contribution >= 4 is 17.0 Å². The van der Waals surface area contributed by atoms with Gasteiger partial charge in [0.1, 0.15) is 0 Å². The average Bonchev–Trinajstić information content (AvgIpc) is 2.43. The summed E-state index contributed by atoms with van der Waals surface area (Å²) in [6.45, 7) is 0. The van der Waals surface area contributed by atoms with Gasteiger partial charge in [-0.1, -0.05) is 25.7 Å². The van der Waals surface area contributed by atoms with Gasteiger partial charge in [-0.25, -0.2) is 0 Å². The van der Waals surface area contributed by atoms with Gasteiger partial charge in [0.2, 0.25) is 0 Å². The van der Waals surface area contributed by atoms with Crippen LogP contribution in [0.15, 0.2) is 11.4 Å². The van der Waals surface area contributed by atoms with Crippen LogP contribution >= 0.6 is 11.3 Å². The molecule has 2 N–H and O–H groups in total. The summed E-state index contributed by atoms with van der Waals surface area (Å²) in [5.41, 5.74) is 6.96. The van der Waals surface area contributed by atoms with Gasteiger partial charge in [0, 0.05) is 10.6 Å². The molecule has 0 atom stereocenters. The third-order valence-corrected chi connectivity index (χ3v) is 4.05. The predicted octanol–water partition coefficient (Wildman–Crippen LogP) is 3.77. The van der Waals surface area contributed by atoms with Crippen LogP contribution in [-0.4, -0.2) is 0 Å². The van der Waals surface area contributed by atoms with Crippen molar-refractivity contribution in [3.05, 3.63) is 16.3 Å². The maximum Gasteiger partial charge on any atom is 0.0458 e. The van der Waals surface area contributed by atoms with Gasteiger partial charge in [-0.2, -0.15) is 0 Å². The molecule has 1 saturated carbocycles. The van der Waals surface area contributed by atoms with Crippen LogP contribution in [0.3, 0.4) is 0 Å². The molecule has 0 spiro atoms. The van der Waals surface area contributed by atoms with Gasteiger partial charge in [-0.15, -0.1) is 11.3 Å². The van der Waals surface area contributed by atoms with Gasteiger partial charge < -0.3 is 5.73 Å². The van der Waals surface area contributed by atoms with Crippen LogP contribution in [0.2, 0.25) is 0 Å². The lowest BCUT2D eigenvalue weighted by atomic mass is 9.98. The summed E-state index contributed by atoms with van der Waals surface area (Å²) in [7, 11) is 0. The lowest BCUT2D eigenvalue weighted by Crippen LogP contribution is -1.97. The van der Waals surface area contributed by atoms with Gasteiger partial charge >= 0.3 is 0 Å². The Balaban J connectivity index is 2.10. The number of nitrogen functional groups attached to an aromatic ring is 1. The van der Waals surface area contributed by atoms with E-state index in [2.05, 4.69) is 5.38 Å². The zero-order valence-electron chi connectivity index (χ0n) is 7.96. The molecule has 1 aromatic heterocycles. The minimum Gasteiger partial charge on any atom is -0.398 e. The Kier molecular flexibility index (Phi) is 2.89. The zero-order valence-corrected chi connectivity index (χ0v) is 8.78. The molecule has 1 fully saturated rings. The van der Waals surface area contributed by atoms with Gasteiger partial charge in [0.15, 0.2) is 0 Å². The second kappa shape index (κ2) is 4.14. The lowest BCUT2D eigenvalue weighted by Gasteiger charge is -2.12. The zero-order chi connectivity index (χ0) is 9.10. The molecule has 0 aromatic carbocycles. The number of nitrogens with two attached hydrogens (primary N) is 1. The van der Waals surface area contributed by atoms with E-state index in [1.807, 2.05) is 17.4 Å². The van der Waals surface area contributed by atoms with Crippen LogP contribution in [0.4, 0.5) is 5.69 Å². The number of hydrogen-bond acceptors (Lipinski definition) is 2. The van der Waals surface area contributed by atoms with E-state index in [-0.39, 0.29) is 0 Å². The summed E-state index contributed by atoms with van der Waals surface area (Å²) in [5.74, 6) is 0.766. The van der Waals surface area contributed by atoms with Crippen molar-refractivity contribution in [2.24, 2.45) is 0 Å². The fourth-order valence-corrected chi connectivity index (χ4v) is 3.20. The Labute approximate surface area is 84.0 Å². The van der Waals surface area contributed by atoms with E-state index in [0.717, 1.165) is 11.6 Å². The van der Waals surface area contributed by atoms with Crippen molar-refractivity contribution < 1.29 is 0 Å². The maximum atomic E-state index is 5.93. The van der Waals surface area contributed by atoms with E-state index in [4.69, 9.17) is 5.73 Å². The van der Waals surface area contributed by atoms with E-state index in [1.54, 1.807) is 0 Å². The molecule has 2 rings (SSSR count). The van der Waals surface area contributed by atoms with E-state index >= 15 is 0 Å². The fourth-order valence-electron chi connectivity index (χ4n) is 2.20. The second-order valence-electron chi connectivity index (χ2n) is 3.93. The van der Waals surface area contributed by atoms with Crippen LogP contribution in [-0.2, 0) is 0 Å². The van der Waals surface area contributed by atoms with E-state index in [9.17, 15) is 0 Å². The quantitative estimate of drug-likeness (QED) is 0.678. The SMILES string of the molecule is Nc1ccsc1C1CCCCCC1. The highest BCUT2D eigenvalue weighted by Gasteiger charge is 2.17. The normalized spacial score (nSPS) is 20.0. The largest absolute Gasteiger partial charge is 0.398 e. The first kappa shape index (κ1) is 9.07. The summed E-state index contributed by atoms with van der Waals surface area (Å²) in [4.78, 5) is 1.45. The standard InChI is InChI=1S/C11H17NS/c12-10-7-8-13-11(10)9-5-3-1-2-4-6-9/h7-9H,1-6,12H2. The van der Waals surface area contributed by atoms with Crippen LogP contribution in [0, 0.1) is 0 Å². The summed E-state index contributed by atoms with van der Waals surface area (Å²) in [6, 6.07) is 2.05. The van der Waals surface area contributed by atoms with Gasteiger partial charge in [-0.05, 0) is 30.2 Å². The number of rotatable bonds is 1. The smallest absolute Gasteiger partial charge is 0.0458 e. The Morgan fingerprint density at radius 2 is 1.85 bits per heavy atom. The van der Waals surface area contributed by atoms with Gasteiger partial charge in [0.25, 0.3) is 0 Å². The average molecular weight is 195 g/mol. The summed E-state index contributed by atoms with van der Waals surface area (Å²) >= 11 is 1.84.